The minimum Gasteiger partial charge on any atom is -0.508 e. The molecular weight excluding hydrogens is 222 g/mol. The second-order valence-electron chi connectivity index (χ2n) is 3.75. The van der Waals surface area contributed by atoms with E-state index in [2.05, 4.69) is 5.32 Å². The topological polar surface area (TPSA) is 86.6 Å². The predicted molar refractivity (Wildman–Crippen MR) is 61.7 cm³/mol. The largest absolute Gasteiger partial charge is 0.508 e. The molecular formula is C12H15NO4. The number of carboxylic acids is 1. The fourth-order valence-electron chi connectivity index (χ4n) is 1.59. The van der Waals surface area contributed by atoms with Crippen LogP contribution >= 0.6 is 0 Å². The van der Waals surface area contributed by atoms with Crippen molar-refractivity contribution in [2.24, 2.45) is 0 Å². The Morgan fingerprint density at radius 1 is 1.41 bits per heavy atom. The van der Waals surface area contributed by atoms with Gasteiger partial charge in [-0.2, -0.15) is 0 Å². The zero-order valence-corrected chi connectivity index (χ0v) is 9.30. The highest BCUT2D eigenvalue weighted by molar-refractivity contribution is 5.66. The third-order valence-corrected chi connectivity index (χ3v) is 2.47. The molecule has 5 heteroatoms. The second kappa shape index (κ2) is 6.52. The van der Waals surface area contributed by atoms with Gasteiger partial charge in [-0.25, -0.2) is 0 Å². The number of hydrogen-bond donors (Lipinski definition) is 3. The van der Waals surface area contributed by atoms with Crippen molar-refractivity contribution in [1.82, 2.24) is 5.32 Å². The zero-order valence-electron chi connectivity index (χ0n) is 9.30. The lowest BCUT2D eigenvalue weighted by Gasteiger charge is -2.15. The van der Waals surface area contributed by atoms with E-state index in [1.54, 1.807) is 24.3 Å². The molecule has 3 N–H and O–H groups in total. The molecule has 0 heterocycles. The van der Waals surface area contributed by atoms with Crippen LogP contribution in [0.3, 0.4) is 0 Å². The number of nitrogens with one attached hydrogen (secondary N) is 1. The summed E-state index contributed by atoms with van der Waals surface area (Å²) < 4.78 is 0. The molecule has 1 rings (SSSR count). The maximum atomic E-state index is 10.5. The molecule has 1 unspecified atom stereocenters. The van der Waals surface area contributed by atoms with Crippen LogP contribution in [0.25, 0.3) is 0 Å². The van der Waals surface area contributed by atoms with Crippen molar-refractivity contribution in [2.45, 2.75) is 25.3 Å². The Hall–Kier alpha value is -2.04. The molecule has 5 nitrogen and oxygen atoms in total. The highest BCUT2D eigenvalue weighted by atomic mass is 16.4. The van der Waals surface area contributed by atoms with Crippen LogP contribution in [0.2, 0.25) is 0 Å². The lowest BCUT2D eigenvalue weighted by atomic mass is 10.0. The molecule has 0 aliphatic heterocycles. The first-order valence-electron chi connectivity index (χ1n) is 5.32. The van der Waals surface area contributed by atoms with Gasteiger partial charge >= 0.3 is 5.97 Å². The Labute approximate surface area is 99.1 Å². The maximum Gasteiger partial charge on any atom is 0.303 e. The number of benzene rings is 1. The summed E-state index contributed by atoms with van der Waals surface area (Å²) in [7, 11) is 0. The van der Waals surface area contributed by atoms with Crippen molar-refractivity contribution in [1.29, 1.82) is 0 Å². The summed E-state index contributed by atoms with van der Waals surface area (Å²) in [6.45, 7) is 0. The SMILES string of the molecule is O=CNC(CCC(=O)O)Cc1ccccc1O. The maximum absolute atomic E-state index is 10.5. The summed E-state index contributed by atoms with van der Waals surface area (Å²) in [5, 5.41) is 20.7. The van der Waals surface area contributed by atoms with Gasteiger partial charge in [0.25, 0.3) is 0 Å². The molecule has 0 spiro atoms. The van der Waals surface area contributed by atoms with E-state index >= 15 is 0 Å². The van der Waals surface area contributed by atoms with Crippen molar-refractivity contribution in [2.75, 3.05) is 0 Å². The van der Waals surface area contributed by atoms with E-state index in [1.165, 1.54) is 0 Å². The highest BCUT2D eigenvalue weighted by Crippen LogP contribution is 2.18. The molecule has 0 aliphatic carbocycles. The fraction of sp³-hybridized carbons (Fsp3) is 0.333. The van der Waals surface area contributed by atoms with E-state index in [-0.39, 0.29) is 18.2 Å². The number of aromatic hydroxyl groups is 1. The van der Waals surface area contributed by atoms with Crippen LogP contribution in [-0.4, -0.2) is 28.6 Å². The lowest BCUT2D eigenvalue weighted by Crippen LogP contribution is -2.30. The van der Waals surface area contributed by atoms with E-state index < -0.39 is 5.97 Å². The first-order valence-corrected chi connectivity index (χ1v) is 5.32. The Kier molecular flexibility index (Phi) is 5.00. The lowest BCUT2D eigenvalue weighted by molar-refractivity contribution is -0.137. The van der Waals surface area contributed by atoms with E-state index in [9.17, 15) is 14.7 Å². The highest BCUT2D eigenvalue weighted by Gasteiger charge is 2.12. The number of carbonyl (C=O) groups excluding carboxylic acids is 1. The Morgan fingerprint density at radius 2 is 2.12 bits per heavy atom. The number of amides is 1. The Balaban J connectivity index is 2.62. The Morgan fingerprint density at radius 3 is 2.71 bits per heavy atom. The molecule has 1 atom stereocenters. The monoisotopic (exact) mass is 237 g/mol. The van der Waals surface area contributed by atoms with Gasteiger partial charge in [0, 0.05) is 12.5 Å². The standard InChI is InChI=1S/C12H15NO4/c14-8-13-10(5-6-12(16)17)7-9-3-1-2-4-11(9)15/h1-4,8,10,15H,5-7H2,(H,13,14)(H,16,17). The number of hydrogen-bond acceptors (Lipinski definition) is 3. The number of aliphatic carboxylic acids is 1. The summed E-state index contributed by atoms with van der Waals surface area (Å²) in [6, 6.07) is 6.51. The smallest absolute Gasteiger partial charge is 0.303 e. The molecule has 0 saturated carbocycles. The molecule has 17 heavy (non-hydrogen) atoms. The van der Waals surface area contributed by atoms with E-state index in [0.717, 1.165) is 0 Å². The van der Waals surface area contributed by atoms with Gasteiger partial charge in [-0.1, -0.05) is 18.2 Å². The average Bonchev–Trinajstić information content (AvgIpc) is 2.29. The Bertz CT molecular complexity index is 392. The molecule has 1 amide bonds. The molecule has 1 aromatic rings. The van der Waals surface area contributed by atoms with Crippen LogP contribution in [0.1, 0.15) is 18.4 Å². The number of rotatable bonds is 7. The first-order chi connectivity index (χ1) is 8.13. The fourth-order valence-corrected chi connectivity index (χ4v) is 1.59. The van der Waals surface area contributed by atoms with Crippen LogP contribution in [-0.2, 0) is 16.0 Å². The van der Waals surface area contributed by atoms with Crippen LogP contribution in [0.5, 0.6) is 5.75 Å². The van der Waals surface area contributed by atoms with Crippen LogP contribution < -0.4 is 5.32 Å². The number of phenolic OH excluding ortho intramolecular Hbond substituents is 1. The first kappa shape index (κ1) is 13.0. The molecule has 0 saturated heterocycles. The molecule has 0 aliphatic rings. The third kappa shape index (κ3) is 4.55. The minimum atomic E-state index is -0.903. The van der Waals surface area contributed by atoms with Gasteiger partial charge < -0.3 is 15.5 Å². The van der Waals surface area contributed by atoms with Crippen LogP contribution in [0.4, 0.5) is 0 Å². The summed E-state index contributed by atoms with van der Waals surface area (Å²) in [6.07, 6.45) is 1.28. The molecule has 92 valence electrons. The van der Waals surface area contributed by atoms with Gasteiger partial charge in [0.05, 0.1) is 0 Å². The predicted octanol–water partition coefficient (Wildman–Crippen LogP) is 0.914. The normalized spacial score (nSPS) is 11.8. The summed E-state index contributed by atoms with van der Waals surface area (Å²) in [5.74, 6) is -0.750. The van der Waals surface area contributed by atoms with Gasteiger partial charge in [-0.3, -0.25) is 9.59 Å². The van der Waals surface area contributed by atoms with Gasteiger partial charge in [0.1, 0.15) is 5.75 Å². The minimum absolute atomic E-state index is 0.0148. The van der Waals surface area contributed by atoms with Gasteiger partial charge in [-0.15, -0.1) is 0 Å². The molecule has 0 radical (unpaired) electrons. The molecule has 0 fully saturated rings. The number of phenols is 1. The molecule has 0 aromatic heterocycles. The number of carboxylic acid groups (broad SMARTS) is 1. The average molecular weight is 237 g/mol. The quantitative estimate of drug-likeness (QED) is 0.615. The van der Waals surface area contributed by atoms with Crippen molar-refractivity contribution in [3.63, 3.8) is 0 Å². The summed E-state index contributed by atoms with van der Waals surface area (Å²) >= 11 is 0. The van der Waals surface area contributed by atoms with Crippen molar-refractivity contribution in [3.8, 4) is 5.75 Å². The van der Waals surface area contributed by atoms with Gasteiger partial charge in [0.2, 0.25) is 6.41 Å². The van der Waals surface area contributed by atoms with E-state index in [1.807, 2.05) is 0 Å². The van der Waals surface area contributed by atoms with Crippen LogP contribution in [0.15, 0.2) is 24.3 Å². The van der Waals surface area contributed by atoms with Crippen molar-refractivity contribution in [3.05, 3.63) is 29.8 Å². The zero-order chi connectivity index (χ0) is 12.7. The van der Waals surface area contributed by atoms with Gasteiger partial charge in [0.15, 0.2) is 0 Å². The third-order valence-electron chi connectivity index (χ3n) is 2.47. The van der Waals surface area contributed by atoms with E-state index in [4.69, 9.17) is 5.11 Å². The van der Waals surface area contributed by atoms with Crippen molar-refractivity contribution >= 4 is 12.4 Å². The van der Waals surface area contributed by atoms with Gasteiger partial charge in [-0.05, 0) is 24.5 Å². The molecule has 1 aromatic carbocycles. The van der Waals surface area contributed by atoms with E-state index in [0.29, 0.717) is 24.8 Å². The van der Waals surface area contributed by atoms with Crippen molar-refractivity contribution < 1.29 is 19.8 Å². The second-order valence-corrected chi connectivity index (χ2v) is 3.75. The van der Waals surface area contributed by atoms with Crippen LogP contribution in [0, 0.1) is 0 Å². The molecule has 0 bridgehead atoms. The summed E-state index contributed by atoms with van der Waals surface area (Å²) in [4.78, 5) is 20.9. The summed E-state index contributed by atoms with van der Waals surface area (Å²) in [5.41, 5.74) is 0.692. The number of para-hydroxylation sites is 1. The number of carbonyl (C=O) groups is 2.